The van der Waals surface area contributed by atoms with Crippen molar-refractivity contribution < 1.29 is 14.3 Å². The Bertz CT molecular complexity index is 935. The average molecular weight is 379 g/mol. The minimum Gasteiger partial charge on any atom is -0.493 e. The van der Waals surface area contributed by atoms with E-state index in [1.54, 1.807) is 20.4 Å². The van der Waals surface area contributed by atoms with E-state index in [0.717, 1.165) is 23.2 Å². The molecule has 0 spiro atoms. The van der Waals surface area contributed by atoms with Gasteiger partial charge in [-0.05, 0) is 29.7 Å². The van der Waals surface area contributed by atoms with E-state index < -0.39 is 0 Å². The number of hydrogen-bond acceptors (Lipinski definition) is 4. The lowest BCUT2D eigenvalue weighted by Gasteiger charge is -2.11. The lowest BCUT2D eigenvalue weighted by molar-refractivity contribution is 0.0950. The Balaban J connectivity index is 1.71. The van der Waals surface area contributed by atoms with Crippen LogP contribution in [0.15, 0.2) is 54.7 Å². The molecular weight excluding hydrogens is 354 g/mol. The molecule has 0 unspecified atom stereocenters. The smallest absolute Gasteiger partial charge is 0.255 e. The van der Waals surface area contributed by atoms with Crippen molar-refractivity contribution in [2.45, 2.75) is 26.4 Å². The molecule has 3 aromatic rings. The lowest BCUT2D eigenvalue weighted by Crippen LogP contribution is -2.24. The Labute approximate surface area is 165 Å². The second kappa shape index (κ2) is 9.08. The number of nitrogens with one attached hydrogen (secondary N) is 1. The number of amides is 1. The summed E-state index contributed by atoms with van der Waals surface area (Å²) in [5.74, 6) is 1.16. The second-order valence-corrected chi connectivity index (χ2v) is 6.37. The first-order valence-electron chi connectivity index (χ1n) is 9.24. The molecule has 0 saturated carbocycles. The van der Waals surface area contributed by atoms with Gasteiger partial charge >= 0.3 is 0 Å². The average Bonchev–Trinajstić information content (AvgIpc) is 3.15. The zero-order valence-electron chi connectivity index (χ0n) is 16.4. The first kappa shape index (κ1) is 19.5. The third-order valence-corrected chi connectivity index (χ3v) is 4.60. The van der Waals surface area contributed by atoms with Crippen LogP contribution in [-0.4, -0.2) is 29.9 Å². The third-order valence-electron chi connectivity index (χ3n) is 4.60. The van der Waals surface area contributed by atoms with Crippen molar-refractivity contribution >= 4 is 5.91 Å². The molecule has 2 aromatic carbocycles. The van der Waals surface area contributed by atoms with Gasteiger partial charge in [-0.1, -0.05) is 43.3 Å². The molecule has 28 heavy (non-hydrogen) atoms. The summed E-state index contributed by atoms with van der Waals surface area (Å²) in [4.78, 5) is 12.7. The van der Waals surface area contributed by atoms with E-state index in [1.807, 2.05) is 48.0 Å². The van der Waals surface area contributed by atoms with Gasteiger partial charge in [0, 0.05) is 6.54 Å². The zero-order chi connectivity index (χ0) is 19.9. The van der Waals surface area contributed by atoms with Gasteiger partial charge in [-0.15, -0.1) is 0 Å². The second-order valence-electron chi connectivity index (χ2n) is 6.37. The first-order valence-corrected chi connectivity index (χ1v) is 9.24. The van der Waals surface area contributed by atoms with Gasteiger partial charge < -0.3 is 14.8 Å². The fourth-order valence-electron chi connectivity index (χ4n) is 3.13. The fraction of sp³-hybridized carbons (Fsp3) is 0.273. The lowest BCUT2D eigenvalue weighted by atomic mass is 10.1. The topological polar surface area (TPSA) is 65.4 Å². The molecule has 6 nitrogen and oxygen atoms in total. The van der Waals surface area contributed by atoms with Crippen LogP contribution in [0.25, 0.3) is 0 Å². The van der Waals surface area contributed by atoms with E-state index in [1.165, 1.54) is 0 Å². The van der Waals surface area contributed by atoms with Gasteiger partial charge in [0.1, 0.15) is 0 Å². The summed E-state index contributed by atoms with van der Waals surface area (Å²) in [6.45, 7) is 3.07. The van der Waals surface area contributed by atoms with E-state index in [9.17, 15) is 4.79 Å². The number of benzene rings is 2. The fourth-order valence-corrected chi connectivity index (χ4v) is 3.13. The molecule has 6 heteroatoms. The van der Waals surface area contributed by atoms with Crippen LogP contribution in [0.4, 0.5) is 0 Å². The minimum atomic E-state index is -0.133. The van der Waals surface area contributed by atoms with Crippen LogP contribution in [0.2, 0.25) is 0 Å². The normalized spacial score (nSPS) is 10.5. The Kier molecular flexibility index (Phi) is 6.32. The Morgan fingerprint density at radius 2 is 1.79 bits per heavy atom. The number of rotatable bonds is 8. The highest BCUT2D eigenvalue weighted by Crippen LogP contribution is 2.27. The monoisotopic (exact) mass is 379 g/mol. The van der Waals surface area contributed by atoms with Crippen LogP contribution < -0.4 is 14.8 Å². The minimum absolute atomic E-state index is 0.133. The molecule has 3 rings (SSSR count). The van der Waals surface area contributed by atoms with Gasteiger partial charge in [-0.2, -0.15) is 5.10 Å². The third kappa shape index (κ3) is 4.34. The van der Waals surface area contributed by atoms with Crippen LogP contribution >= 0.6 is 0 Å². The van der Waals surface area contributed by atoms with Crippen molar-refractivity contribution in [1.82, 2.24) is 15.1 Å². The summed E-state index contributed by atoms with van der Waals surface area (Å²) in [6.07, 6.45) is 2.37. The predicted octanol–water partition coefficient (Wildman–Crippen LogP) is 3.44. The van der Waals surface area contributed by atoms with Gasteiger partial charge in [0.05, 0.1) is 38.2 Å². The number of hydrogen-bond donors (Lipinski definition) is 1. The number of carbonyl (C=O) groups is 1. The Morgan fingerprint density at radius 3 is 2.46 bits per heavy atom. The summed E-state index contributed by atoms with van der Waals surface area (Å²) in [6, 6.07) is 15.7. The number of nitrogens with zero attached hydrogens (tertiary/aromatic N) is 2. The van der Waals surface area contributed by atoms with Crippen LogP contribution in [0.5, 0.6) is 11.5 Å². The zero-order valence-corrected chi connectivity index (χ0v) is 16.4. The summed E-state index contributed by atoms with van der Waals surface area (Å²) in [7, 11) is 3.19. The van der Waals surface area contributed by atoms with Crippen molar-refractivity contribution in [2.75, 3.05) is 14.2 Å². The molecule has 1 amide bonds. The van der Waals surface area contributed by atoms with E-state index >= 15 is 0 Å². The summed E-state index contributed by atoms with van der Waals surface area (Å²) < 4.78 is 12.4. The molecule has 1 aromatic heterocycles. The van der Waals surface area contributed by atoms with E-state index in [-0.39, 0.29) is 5.91 Å². The number of methoxy groups -OCH3 is 2. The summed E-state index contributed by atoms with van der Waals surface area (Å²) >= 11 is 0. The summed E-state index contributed by atoms with van der Waals surface area (Å²) in [5, 5.41) is 7.39. The van der Waals surface area contributed by atoms with E-state index in [2.05, 4.69) is 22.5 Å². The highest BCUT2D eigenvalue weighted by molar-refractivity contribution is 5.95. The van der Waals surface area contributed by atoms with E-state index in [0.29, 0.717) is 30.2 Å². The number of ether oxygens (including phenoxy) is 2. The standard InChI is InChI=1S/C22H25N3O3/c1-4-19-18(14-24-25(19)15-16-8-6-5-7-9-16)22(26)23-13-17-10-11-20(27-2)21(12-17)28-3/h5-12,14H,4,13,15H2,1-3H3,(H,23,26). The number of carbonyl (C=O) groups excluding carboxylic acids is 1. The predicted molar refractivity (Wildman–Crippen MR) is 108 cm³/mol. The molecule has 0 saturated heterocycles. The Hall–Kier alpha value is -3.28. The molecule has 0 radical (unpaired) electrons. The molecule has 0 atom stereocenters. The van der Waals surface area contributed by atoms with Gasteiger partial charge in [0.15, 0.2) is 11.5 Å². The van der Waals surface area contributed by atoms with Crippen molar-refractivity contribution in [3.63, 3.8) is 0 Å². The van der Waals surface area contributed by atoms with Crippen molar-refractivity contribution in [2.24, 2.45) is 0 Å². The largest absolute Gasteiger partial charge is 0.493 e. The molecular formula is C22H25N3O3. The number of aromatic nitrogens is 2. The maximum atomic E-state index is 12.7. The molecule has 0 aliphatic heterocycles. The van der Waals surface area contributed by atoms with Crippen molar-refractivity contribution in [3.8, 4) is 11.5 Å². The molecule has 0 bridgehead atoms. The van der Waals surface area contributed by atoms with Crippen molar-refractivity contribution in [3.05, 3.63) is 77.1 Å². The molecule has 0 aliphatic rings. The highest BCUT2D eigenvalue weighted by Gasteiger charge is 2.16. The van der Waals surface area contributed by atoms with Crippen LogP contribution in [0.3, 0.4) is 0 Å². The van der Waals surface area contributed by atoms with Crippen LogP contribution in [0.1, 0.15) is 34.1 Å². The molecule has 0 fully saturated rings. The summed E-state index contributed by atoms with van der Waals surface area (Å²) in [5.41, 5.74) is 3.62. The Morgan fingerprint density at radius 1 is 1.04 bits per heavy atom. The molecule has 1 heterocycles. The van der Waals surface area contributed by atoms with E-state index in [4.69, 9.17) is 9.47 Å². The maximum absolute atomic E-state index is 12.7. The van der Waals surface area contributed by atoms with Gasteiger partial charge in [-0.25, -0.2) is 0 Å². The van der Waals surface area contributed by atoms with Gasteiger partial charge in [-0.3, -0.25) is 9.48 Å². The van der Waals surface area contributed by atoms with Crippen LogP contribution in [0, 0.1) is 0 Å². The van der Waals surface area contributed by atoms with Crippen LogP contribution in [-0.2, 0) is 19.5 Å². The van der Waals surface area contributed by atoms with Gasteiger partial charge in [0.2, 0.25) is 0 Å². The van der Waals surface area contributed by atoms with Crippen molar-refractivity contribution in [1.29, 1.82) is 0 Å². The molecule has 1 N–H and O–H groups in total. The SMILES string of the molecule is CCc1c(C(=O)NCc2ccc(OC)c(OC)c2)cnn1Cc1ccccc1. The maximum Gasteiger partial charge on any atom is 0.255 e. The highest BCUT2D eigenvalue weighted by atomic mass is 16.5. The van der Waals surface area contributed by atoms with Gasteiger partial charge in [0.25, 0.3) is 5.91 Å². The first-order chi connectivity index (χ1) is 13.7. The quantitative estimate of drug-likeness (QED) is 0.651. The molecule has 0 aliphatic carbocycles. The molecule has 146 valence electrons.